The van der Waals surface area contributed by atoms with Crippen molar-refractivity contribution in [1.82, 2.24) is 20.5 Å². The summed E-state index contributed by atoms with van der Waals surface area (Å²) in [6.07, 6.45) is 0.0741. The van der Waals surface area contributed by atoms with E-state index < -0.39 is 35.5 Å². The van der Waals surface area contributed by atoms with Gasteiger partial charge in [0.1, 0.15) is 12.1 Å². The Labute approximate surface area is 239 Å². The van der Waals surface area contributed by atoms with Crippen LogP contribution < -0.4 is 10.6 Å². The van der Waals surface area contributed by atoms with Crippen LogP contribution >= 0.6 is 11.3 Å². The Morgan fingerprint density at radius 1 is 1.10 bits per heavy atom. The molecule has 0 saturated carbocycles. The van der Waals surface area contributed by atoms with Gasteiger partial charge in [-0.3, -0.25) is 19.2 Å². The van der Waals surface area contributed by atoms with E-state index in [2.05, 4.69) is 15.6 Å². The minimum Gasteiger partial charge on any atom is -0.481 e. The topological polar surface area (TPSA) is 149 Å². The first-order valence-electron chi connectivity index (χ1n) is 13.6. The number of aryl methyl sites for hydroxylation is 1. The molecule has 10 nitrogen and oxygen atoms in total. The summed E-state index contributed by atoms with van der Waals surface area (Å²) in [5, 5.41) is 25.0. The third kappa shape index (κ3) is 8.11. The first kappa shape index (κ1) is 31.2. The van der Waals surface area contributed by atoms with Gasteiger partial charge < -0.3 is 25.7 Å². The smallest absolute Gasteiger partial charge is 0.303 e. The van der Waals surface area contributed by atoms with Crippen molar-refractivity contribution in [2.24, 2.45) is 5.41 Å². The molecule has 4 N–H and O–H groups in total. The molecular formula is C29H40N4O6S. The molecule has 1 aromatic heterocycles. The first-order valence-corrected chi connectivity index (χ1v) is 14.5. The fourth-order valence-electron chi connectivity index (χ4n) is 4.81. The highest BCUT2D eigenvalue weighted by molar-refractivity contribution is 7.13. The lowest BCUT2D eigenvalue weighted by molar-refractivity contribution is -0.144. The van der Waals surface area contributed by atoms with Crippen molar-refractivity contribution in [2.45, 2.75) is 91.0 Å². The van der Waals surface area contributed by atoms with Gasteiger partial charge in [-0.25, -0.2) is 4.98 Å². The zero-order valence-electron chi connectivity index (χ0n) is 23.8. The molecule has 1 aliphatic rings. The average Bonchev–Trinajstić information content (AvgIpc) is 3.49. The van der Waals surface area contributed by atoms with Gasteiger partial charge in [-0.15, -0.1) is 11.3 Å². The Morgan fingerprint density at radius 3 is 2.33 bits per heavy atom. The highest BCUT2D eigenvalue weighted by atomic mass is 32.1. The summed E-state index contributed by atoms with van der Waals surface area (Å²) < 4.78 is 0. The van der Waals surface area contributed by atoms with E-state index in [0.29, 0.717) is 12.8 Å². The maximum Gasteiger partial charge on any atom is 0.303 e. The number of nitrogens with zero attached hydrogens (tertiary/aromatic N) is 2. The van der Waals surface area contributed by atoms with E-state index in [1.54, 1.807) is 11.3 Å². The highest BCUT2D eigenvalue weighted by Gasteiger charge is 2.44. The monoisotopic (exact) mass is 572 g/mol. The van der Waals surface area contributed by atoms with Crippen molar-refractivity contribution in [2.75, 3.05) is 6.54 Å². The van der Waals surface area contributed by atoms with Crippen molar-refractivity contribution < 1.29 is 29.4 Å². The minimum atomic E-state index is -0.919. The molecule has 1 fully saturated rings. The van der Waals surface area contributed by atoms with Crippen LogP contribution in [0.5, 0.6) is 0 Å². The third-order valence-electron chi connectivity index (χ3n) is 7.10. The SMILES string of the molecule is Cc1ncsc1-c1ccc([C@H](C)NC(=O)[C@@H]2C[C@@H](O)CN2C(=O)C(NC(=O)CCCCC(=O)O)C(C)(C)C)cc1. The fraction of sp³-hybridized carbons (Fsp3) is 0.552. The number of carboxylic acid groups (broad SMARTS) is 1. The molecule has 1 aromatic carbocycles. The van der Waals surface area contributed by atoms with Crippen LogP contribution in [-0.2, 0) is 19.2 Å². The van der Waals surface area contributed by atoms with E-state index in [9.17, 15) is 24.3 Å². The van der Waals surface area contributed by atoms with Gasteiger partial charge in [0.25, 0.3) is 0 Å². The summed E-state index contributed by atoms with van der Waals surface area (Å²) in [4.78, 5) is 57.1. The predicted molar refractivity (Wildman–Crippen MR) is 152 cm³/mol. The number of rotatable bonds is 11. The number of hydrogen-bond donors (Lipinski definition) is 4. The predicted octanol–water partition coefficient (Wildman–Crippen LogP) is 3.43. The van der Waals surface area contributed by atoms with Crippen molar-refractivity contribution >= 4 is 35.0 Å². The number of carbonyl (C=O) groups excluding carboxylic acids is 3. The third-order valence-corrected chi connectivity index (χ3v) is 8.08. The van der Waals surface area contributed by atoms with E-state index in [0.717, 1.165) is 21.7 Å². The van der Waals surface area contributed by atoms with Gasteiger partial charge in [-0.1, -0.05) is 45.0 Å². The summed E-state index contributed by atoms with van der Waals surface area (Å²) >= 11 is 1.57. The molecular weight excluding hydrogens is 532 g/mol. The van der Waals surface area contributed by atoms with Gasteiger partial charge in [0, 0.05) is 25.8 Å². The maximum atomic E-state index is 13.7. The number of aliphatic carboxylic acids is 1. The van der Waals surface area contributed by atoms with Crippen molar-refractivity contribution in [3.63, 3.8) is 0 Å². The number of amides is 3. The van der Waals surface area contributed by atoms with Crippen LogP contribution in [0.25, 0.3) is 10.4 Å². The number of likely N-dealkylation sites (tertiary alicyclic amines) is 1. The molecule has 0 spiro atoms. The quantitative estimate of drug-likeness (QED) is 0.301. The number of β-amino-alcohol motifs (C(OH)–C–C–N with tert-alkyl or cyclic N) is 1. The number of benzene rings is 1. The number of aromatic nitrogens is 1. The Morgan fingerprint density at radius 2 is 1.75 bits per heavy atom. The van der Waals surface area contributed by atoms with E-state index in [-0.39, 0.29) is 43.7 Å². The summed E-state index contributed by atoms with van der Waals surface area (Å²) in [7, 11) is 0. The summed E-state index contributed by atoms with van der Waals surface area (Å²) in [6.45, 7) is 9.29. The van der Waals surface area contributed by atoms with E-state index in [1.807, 2.05) is 64.4 Å². The number of hydrogen-bond acceptors (Lipinski definition) is 7. The highest BCUT2D eigenvalue weighted by Crippen LogP contribution is 2.29. The van der Waals surface area contributed by atoms with Gasteiger partial charge in [-0.2, -0.15) is 0 Å². The summed E-state index contributed by atoms with van der Waals surface area (Å²) in [5.41, 5.74) is 4.07. The Balaban J connectivity index is 1.67. The van der Waals surface area contributed by atoms with Crippen LogP contribution in [0.1, 0.15) is 77.1 Å². The molecule has 0 bridgehead atoms. The molecule has 3 amide bonds. The number of unbranched alkanes of at least 4 members (excludes halogenated alkanes) is 1. The molecule has 2 aromatic rings. The summed E-state index contributed by atoms with van der Waals surface area (Å²) in [6, 6.07) is 5.77. The molecule has 0 radical (unpaired) electrons. The van der Waals surface area contributed by atoms with Crippen LogP contribution in [-0.4, -0.2) is 68.5 Å². The minimum absolute atomic E-state index is 0.00470. The number of thiazole rings is 1. The molecule has 3 rings (SSSR count). The van der Waals surface area contributed by atoms with Crippen LogP contribution in [0.3, 0.4) is 0 Å². The molecule has 11 heteroatoms. The number of carboxylic acids is 1. The van der Waals surface area contributed by atoms with Gasteiger partial charge >= 0.3 is 5.97 Å². The van der Waals surface area contributed by atoms with E-state index in [1.165, 1.54) is 4.90 Å². The number of nitrogens with one attached hydrogen (secondary N) is 2. The second kappa shape index (κ2) is 13.4. The summed E-state index contributed by atoms with van der Waals surface area (Å²) in [5.74, 6) is -2.07. The number of aliphatic hydroxyl groups excluding tert-OH is 1. The molecule has 1 aliphatic heterocycles. The van der Waals surface area contributed by atoms with Crippen LogP contribution in [0.2, 0.25) is 0 Å². The lowest BCUT2D eigenvalue weighted by Gasteiger charge is -2.35. The molecule has 218 valence electrons. The Kier molecular flexibility index (Phi) is 10.4. The molecule has 1 saturated heterocycles. The number of aliphatic hydroxyl groups is 1. The molecule has 1 unspecified atom stereocenters. The van der Waals surface area contributed by atoms with Gasteiger partial charge in [0.15, 0.2) is 0 Å². The van der Waals surface area contributed by atoms with Crippen molar-refractivity contribution in [3.05, 3.63) is 41.0 Å². The van der Waals surface area contributed by atoms with Crippen molar-refractivity contribution in [3.8, 4) is 10.4 Å². The lowest BCUT2D eigenvalue weighted by Crippen LogP contribution is -2.57. The Bertz CT molecular complexity index is 1210. The van der Waals surface area contributed by atoms with Crippen LogP contribution in [0.4, 0.5) is 0 Å². The zero-order chi connectivity index (χ0) is 29.6. The molecule has 40 heavy (non-hydrogen) atoms. The second-order valence-electron chi connectivity index (χ2n) is 11.5. The van der Waals surface area contributed by atoms with Gasteiger partial charge in [-0.05, 0) is 43.2 Å². The van der Waals surface area contributed by atoms with Crippen LogP contribution in [0.15, 0.2) is 29.8 Å². The zero-order valence-corrected chi connectivity index (χ0v) is 24.6. The standard InChI is InChI=1S/C29H40N4O6S/c1-17(19-10-12-20(13-11-19)25-18(2)30-16-40-25)31-27(38)22-14-21(34)15-33(22)28(39)26(29(3,4)5)32-23(35)8-6-7-9-24(36)37/h10-13,16-17,21-22,26,34H,6-9,14-15H2,1-5H3,(H,31,38)(H,32,35)(H,36,37)/t17-,21+,22-,26?/m0/s1. The van der Waals surface area contributed by atoms with E-state index >= 15 is 0 Å². The molecule has 2 heterocycles. The van der Waals surface area contributed by atoms with Crippen LogP contribution in [0, 0.1) is 12.3 Å². The second-order valence-corrected chi connectivity index (χ2v) is 12.3. The fourth-order valence-corrected chi connectivity index (χ4v) is 5.62. The normalized spacial score (nSPS) is 18.7. The lowest BCUT2D eigenvalue weighted by atomic mass is 9.85. The average molecular weight is 573 g/mol. The Hall–Kier alpha value is -3.31. The van der Waals surface area contributed by atoms with Crippen molar-refractivity contribution in [1.29, 1.82) is 0 Å². The van der Waals surface area contributed by atoms with Gasteiger partial charge in [0.05, 0.1) is 28.2 Å². The van der Waals surface area contributed by atoms with Gasteiger partial charge in [0.2, 0.25) is 17.7 Å². The number of carbonyl (C=O) groups is 4. The first-order chi connectivity index (χ1) is 18.8. The van der Waals surface area contributed by atoms with E-state index in [4.69, 9.17) is 5.11 Å². The molecule has 4 atom stereocenters. The maximum absolute atomic E-state index is 13.7. The largest absolute Gasteiger partial charge is 0.481 e. The molecule has 0 aliphatic carbocycles.